The first-order chi connectivity index (χ1) is 12.1. The van der Waals surface area contributed by atoms with E-state index in [0.29, 0.717) is 5.76 Å². The van der Waals surface area contributed by atoms with Crippen molar-refractivity contribution in [3.8, 4) is 0 Å². The molecule has 0 aromatic carbocycles. The van der Waals surface area contributed by atoms with Crippen molar-refractivity contribution < 1.29 is 14.3 Å². The number of nitrogens with zero attached hydrogens (tertiary/aromatic N) is 2. The van der Waals surface area contributed by atoms with Gasteiger partial charge >= 0.3 is 6.03 Å². The monoisotopic (exact) mass is 344 g/mol. The fourth-order valence-electron chi connectivity index (χ4n) is 2.91. The van der Waals surface area contributed by atoms with Crippen LogP contribution in [0.25, 0.3) is 0 Å². The van der Waals surface area contributed by atoms with E-state index < -0.39 is 6.10 Å². The first kappa shape index (κ1) is 17.3. The third kappa shape index (κ3) is 4.73. The predicted molar refractivity (Wildman–Crippen MR) is 94.4 cm³/mol. The van der Waals surface area contributed by atoms with E-state index in [0.717, 1.165) is 37.3 Å². The number of carbonyl (C=O) groups is 1. The summed E-state index contributed by atoms with van der Waals surface area (Å²) in [5.41, 5.74) is 1.15. The number of hydrogen-bond acceptors (Lipinski definition) is 5. The highest BCUT2D eigenvalue weighted by atomic mass is 16.4. The predicted octanol–water partition coefficient (Wildman–Crippen LogP) is 1.98. The highest BCUT2D eigenvalue weighted by Gasteiger charge is 2.22. The SMILES string of the molecule is Cc1ccc(N2CCC(NC(=O)NC[C@H](O)c3ccco3)CC2)nc1. The zero-order valence-corrected chi connectivity index (χ0v) is 14.3. The lowest BCUT2D eigenvalue weighted by Crippen LogP contribution is -2.48. The van der Waals surface area contributed by atoms with Crippen molar-refractivity contribution >= 4 is 11.8 Å². The lowest BCUT2D eigenvalue weighted by molar-refractivity contribution is 0.147. The average Bonchev–Trinajstić information content (AvgIpc) is 3.16. The summed E-state index contributed by atoms with van der Waals surface area (Å²) >= 11 is 0. The third-order valence-corrected chi connectivity index (χ3v) is 4.38. The highest BCUT2D eigenvalue weighted by Crippen LogP contribution is 2.18. The van der Waals surface area contributed by atoms with E-state index >= 15 is 0 Å². The van der Waals surface area contributed by atoms with Crippen LogP contribution in [0.1, 0.15) is 30.3 Å². The van der Waals surface area contributed by atoms with Gasteiger partial charge in [-0.3, -0.25) is 0 Å². The molecule has 0 aliphatic carbocycles. The van der Waals surface area contributed by atoms with E-state index in [4.69, 9.17) is 4.42 Å². The fraction of sp³-hybridized carbons (Fsp3) is 0.444. The maximum absolute atomic E-state index is 12.0. The summed E-state index contributed by atoms with van der Waals surface area (Å²) in [6.45, 7) is 3.85. The number of carbonyl (C=O) groups excluding carboxylic acids is 1. The number of aliphatic hydroxyl groups is 1. The smallest absolute Gasteiger partial charge is 0.315 e. The van der Waals surface area contributed by atoms with Gasteiger partial charge in [-0.15, -0.1) is 0 Å². The van der Waals surface area contributed by atoms with Gasteiger partial charge in [0, 0.05) is 25.3 Å². The van der Waals surface area contributed by atoms with Crippen molar-refractivity contribution in [2.75, 3.05) is 24.5 Å². The van der Waals surface area contributed by atoms with Gasteiger partial charge in [-0.25, -0.2) is 9.78 Å². The van der Waals surface area contributed by atoms with Gasteiger partial charge in [-0.05, 0) is 43.5 Å². The molecule has 2 aromatic rings. The summed E-state index contributed by atoms with van der Waals surface area (Å²) in [5, 5.41) is 15.5. The summed E-state index contributed by atoms with van der Waals surface area (Å²) in [6, 6.07) is 7.34. The van der Waals surface area contributed by atoms with E-state index in [1.54, 1.807) is 12.1 Å². The Kier molecular flexibility index (Phi) is 5.55. The van der Waals surface area contributed by atoms with Crippen LogP contribution in [0.3, 0.4) is 0 Å². The number of aryl methyl sites for hydroxylation is 1. The minimum absolute atomic E-state index is 0.117. The van der Waals surface area contributed by atoms with Gasteiger partial charge < -0.3 is 25.1 Å². The maximum Gasteiger partial charge on any atom is 0.315 e. The molecule has 3 heterocycles. The lowest BCUT2D eigenvalue weighted by atomic mass is 10.1. The Morgan fingerprint density at radius 3 is 2.84 bits per heavy atom. The quantitative estimate of drug-likeness (QED) is 0.772. The molecule has 1 fully saturated rings. The first-order valence-corrected chi connectivity index (χ1v) is 8.55. The van der Waals surface area contributed by atoms with Gasteiger partial charge in [-0.1, -0.05) is 6.07 Å². The Bertz CT molecular complexity index is 664. The van der Waals surface area contributed by atoms with Crippen molar-refractivity contribution in [2.45, 2.75) is 31.9 Å². The van der Waals surface area contributed by atoms with Crippen LogP contribution in [0, 0.1) is 6.92 Å². The minimum atomic E-state index is -0.838. The second-order valence-electron chi connectivity index (χ2n) is 6.34. The molecule has 0 spiro atoms. The van der Waals surface area contributed by atoms with Crippen LogP contribution in [-0.4, -0.2) is 41.8 Å². The van der Waals surface area contributed by atoms with Crippen LogP contribution in [0.15, 0.2) is 41.1 Å². The topological polar surface area (TPSA) is 90.6 Å². The zero-order chi connectivity index (χ0) is 17.6. The van der Waals surface area contributed by atoms with Crippen LogP contribution in [-0.2, 0) is 0 Å². The summed E-state index contributed by atoms with van der Waals surface area (Å²) in [7, 11) is 0. The number of urea groups is 1. The van der Waals surface area contributed by atoms with Crippen molar-refractivity contribution in [3.63, 3.8) is 0 Å². The number of rotatable bonds is 5. The molecule has 0 radical (unpaired) electrons. The van der Waals surface area contributed by atoms with E-state index in [1.807, 2.05) is 19.2 Å². The summed E-state index contributed by atoms with van der Waals surface area (Å²) < 4.78 is 5.11. The molecule has 0 unspecified atom stereocenters. The molecule has 1 aliphatic heterocycles. The van der Waals surface area contributed by atoms with Gasteiger partial charge in [0.1, 0.15) is 17.7 Å². The lowest BCUT2D eigenvalue weighted by Gasteiger charge is -2.33. The molecule has 3 N–H and O–H groups in total. The van der Waals surface area contributed by atoms with Crippen molar-refractivity contribution in [1.29, 1.82) is 0 Å². The molecule has 3 rings (SSSR count). The van der Waals surface area contributed by atoms with Gasteiger partial charge in [0.25, 0.3) is 0 Å². The van der Waals surface area contributed by atoms with Crippen LogP contribution >= 0.6 is 0 Å². The second-order valence-corrected chi connectivity index (χ2v) is 6.34. The van der Waals surface area contributed by atoms with Gasteiger partial charge in [0.2, 0.25) is 0 Å². The Hall–Kier alpha value is -2.54. The summed E-state index contributed by atoms with van der Waals surface area (Å²) in [5.74, 6) is 1.43. The van der Waals surface area contributed by atoms with Crippen LogP contribution in [0.5, 0.6) is 0 Å². The molecule has 1 aliphatic rings. The maximum atomic E-state index is 12.0. The Balaban J connectivity index is 1.39. The highest BCUT2D eigenvalue weighted by molar-refractivity contribution is 5.74. The number of aromatic nitrogens is 1. The molecular formula is C18H24N4O3. The van der Waals surface area contributed by atoms with E-state index in [1.165, 1.54) is 6.26 Å². The largest absolute Gasteiger partial charge is 0.467 e. The van der Waals surface area contributed by atoms with Crippen LogP contribution < -0.4 is 15.5 Å². The van der Waals surface area contributed by atoms with E-state index in [-0.39, 0.29) is 18.6 Å². The molecule has 2 aromatic heterocycles. The molecule has 7 nitrogen and oxygen atoms in total. The van der Waals surface area contributed by atoms with Gasteiger partial charge in [0.15, 0.2) is 0 Å². The summed E-state index contributed by atoms with van der Waals surface area (Å²) in [4.78, 5) is 18.7. The number of furan rings is 1. The molecule has 1 saturated heterocycles. The van der Waals surface area contributed by atoms with Crippen molar-refractivity contribution in [3.05, 3.63) is 48.0 Å². The molecule has 25 heavy (non-hydrogen) atoms. The Morgan fingerprint density at radius 2 is 2.20 bits per heavy atom. The minimum Gasteiger partial charge on any atom is -0.467 e. The van der Waals surface area contributed by atoms with Crippen molar-refractivity contribution in [2.24, 2.45) is 0 Å². The van der Waals surface area contributed by atoms with Crippen LogP contribution in [0.2, 0.25) is 0 Å². The Morgan fingerprint density at radius 1 is 1.40 bits per heavy atom. The normalized spacial score (nSPS) is 16.5. The molecule has 134 valence electrons. The number of aliphatic hydroxyl groups excluding tert-OH is 1. The molecule has 2 amide bonds. The van der Waals surface area contributed by atoms with Crippen LogP contribution in [0.4, 0.5) is 10.6 Å². The second kappa shape index (κ2) is 8.02. The number of amides is 2. The number of hydrogen-bond donors (Lipinski definition) is 3. The molecule has 0 saturated carbocycles. The average molecular weight is 344 g/mol. The summed E-state index contributed by atoms with van der Waals surface area (Å²) in [6.07, 6.45) is 4.26. The van der Waals surface area contributed by atoms with E-state index in [2.05, 4.69) is 26.6 Å². The van der Waals surface area contributed by atoms with Gasteiger partial charge in [-0.2, -0.15) is 0 Å². The number of anilines is 1. The standard InChI is InChI=1S/C18H24N4O3/c1-13-4-5-17(19-11-13)22-8-6-14(7-9-22)21-18(24)20-12-15(23)16-3-2-10-25-16/h2-5,10-11,14-15,23H,6-9,12H2,1H3,(H2,20,21,24)/t15-/m0/s1. The first-order valence-electron chi connectivity index (χ1n) is 8.55. The molecule has 7 heteroatoms. The number of nitrogens with one attached hydrogen (secondary N) is 2. The number of pyridine rings is 1. The zero-order valence-electron chi connectivity index (χ0n) is 14.3. The fourth-order valence-corrected chi connectivity index (χ4v) is 2.91. The molecule has 0 bridgehead atoms. The van der Waals surface area contributed by atoms with E-state index in [9.17, 15) is 9.90 Å². The molecular weight excluding hydrogens is 320 g/mol. The molecule has 1 atom stereocenters. The van der Waals surface area contributed by atoms with Gasteiger partial charge in [0.05, 0.1) is 12.8 Å². The van der Waals surface area contributed by atoms with Crippen molar-refractivity contribution in [1.82, 2.24) is 15.6 Å². The number of piperidine rings is 1. The Labute approximate surface area is 147 Å². The third-order valence-electron chi connectivity index (χ3n) is 4.38.